The molecular weight excluding hydrogens is 302 g/mol. The third-order valence-electron chi connectivity index (χ3n) is 4.09. The first-order valence-electron chi connectivity index (χ1n) is 8.32. The van der Waals surface area contributed by atoms with Gasteiger partial charge in [-0.25, -0.2) is 0 Å². The Balaban J connectivity index is 2.52. The molecule has 1 aromatic carbocycles. The number of nitrogens with two attached hydrogens (primary N) is 1. The van der Waals surface area contributed by atoms with Crippen LogP contribution in [0.15, 0.2) is 48.1 Å². The van der Waals surface area contributed by atoms with Gasteiger partial charge in [0.2, 0.25) is 0 Å². The molecule has 0 saturated heterocycles. The van der Waals surface area contributed by atoms with Crippen molar-refractivity contribution in [3.8, 4) is 5.75 Å². The van der Waals surface area contributed by atoms with E-state index in [-0.39, 0.29) is 12.7 Å². The minimum atomic E-state index is -0.285. The molecule has 24 heavy (non-hydrogen) atoms. The molecule has 2 rings (SSSR count). The van der Waals surface area contributed by atoms with E-state index in [1.807, 2.05) is 38.1 Å². The van der Waals surface area contributed by atoms with E-state index in [0.717, 1.165) is 40.0 Å². The molecular formula is C20H27NO3. The van der Waals surface area contributed by atoms with Gasteiger partial charge in [-0.3, -0.25) is 0 Å². The largest absolute Gasteiger partial charge is 0.493 e. The highest BCUT2D eigenvalue weighted by Crippen LogP contribution is 2.40. The molecule has 0 bridgehead atoms. The SMILES string of the molecule is C=C/C(C)=C\C(=C/C)C(OCCN)c1cc(CO)cc2c1OCC2. The van der Waals surface area contributed by atoms with Crippen molar-refractivity contribution >= 4 is 0 Å². The standard InChI is InChI=1S/C20H27NO3/c1-4-14(3)10-16(5-2)19(24-9-7-21)18-12-15(13-22)11-17-6-8-23-20(17)18/h4-5,10-12,19,22H,1,6-9,13,21H2,2-3H3/b14-10-,16-5+. The lowest BCUT2D eigenvalue weighted by Gasteiger charge is -2.23. The van der Waals surface area contributed by atoms with E-state index < -0.39 is 0 Å². The molecule has 0 spiro atoms. The van der Waals surface area contributed by atoms with Gasteiger partial charge in [0.1, 0.15) is 11.9 Å². The van der Waals surface area contributed by atoms with Crippen molar-refractivity contribution in [3.05, 3.63) is 64.8 Å². The molecule has 3 N–H and O–H groups in total. The minimum Gasteiger partial charge on any atom is -0.493 e. The smallest absolute Gasteiger partial charge is 0.128 e. The normalized spacial score (nSPS) is 15.8. The number of ether oxygens (including phenoxy) is 2. The summed E-state index contributed by atoms with van der Waals surface area (Å²) in [5, 5.41) is 9.59. The maximum atomic E-state index is 9.59. The summed E-state index contributed by atoms with van der Waals surface area (Å²) in [6.07, 6.45) is 6.47. The fourth-order valence-electron chi connectivity index (χ4n) is 2.88. The van der Waals surface area contributed by atoms with Gasteiger partial charge in [-0.05, 0) is 42.7 Å². The molecule has 1 aliphatic heterocycles. The van der Waals surface area contributed by atoms with E-state index in [2.05, 4.69) is 12.7 Å². The van der Waals surface area contributed by atoms with Crippen LogP contribution in [0.1, 0.15) is 36.6 Å². The lowest BCUT2D eigenvalue weighted by atomic mass is 9.94. The lowest BCUT2D eigenvalue weighted by molar-refractivity contribution is 0.0837. The first-order valence-corrected chi connectivity index (χ1v) is 8.32. The van der Waals surface area contributed by atoms with Gasteiger partial charge in [0, 0.05) is 18.5 Å². The summed E-state index contributed by atoms with van der Waals surface area (Å²) < 4.78 is 11.9. The molecule has 0 saturated carbocycles. The van der Waals surface area contributed by atoms with Crippen molar-refractivity contribution < 1.29 is 14.6 Å². The second-order valence-corrected chi connectivity index (χ2v) is 5.85. The Kier molecular flexibility index (Phi) is 6.79. The average molecular weight is 329 g/mol. The van der Waals surface area contributed by atoms with Crippen molar-refractivity contribution in [3.63, 3.8) is 0 Å². The molecule has 0 aromatic heterocycles. The van der Waals surface area contributed by atoms with Crippen LogP contribution in [0.25, 0.3) is 0 Å². The number of hydrogen-bond donors (Lipinski definition) is 2. The summed E-state index contributed by atoms with van der Waals surface area (Å²) in [5.74, 6) is 0.873. The first-order chi connectivity index (χ1) is 11.6. The van der Waals surface area contributed by atoms with Gasteiger partial charge in [0.15, 0.2) is 0 Å². The molecule has 1 heterocycles. The Bertz CT molecular complexity index is 647. The summed E-state index contributed by atoms with van der Waals surface area (Å²) >= 11 is 0. The molecule has 4 nitrogen and oxygen atoms in total. The molecule has 0 fully saturated rings. The van der Waals surface area contributed by atoms with Crippen LogP contribution in [0.3, 0.4) is 0 Å². The number of hydrogen-bond acceptors (Lipinski definition) is 4. The number of allylic oxidation sites excluding steroid dienone is 3. The summed E-state index contributed by atoms with van der Waals surface area (Å²) in [6.45, 7) is 9.35. The zero-order valence-electron chi connectivity index (χ0n) is 14.5. The van der Waals surface area contributed by atoms with Crippen LogP contribution in [-0.4, -0.2) is 24.9 Å². The first kappa shape index (κ1) is 18.5. The molecule has 0 aliphatic carbocycles. The zero-order valence-corrected chi connectivity index (χ0v) is 14.5. The molecule has 0 radical (unpaired) electrons. The van der Waals surface area contributed by atoms with E-state index in [4.69, 9.17) is 15.2 Å². The summed E-state index contributed by atoms with van der Waals surface area (Å²) in [4.78, 5) is 0. The van der Waals surface area contributed by atoms with Crippen LogP contribution in [0, 0.1) is 0 Å². The van der Waals surface area contributed by atoms with Gasteiger partial charge in [-0.15, -0.1) is 0 Å². The molecule has 1 aliphatic rings. The van der Waals surface area contributed by atoms with Crippen molar-refractivity contribution in [2.75, 3.05) is 19.8 Å². The maximum Gasteiger partial charge on any atom is 0.128 e. The van der Waals surface area contributed by atoms with E-state index in [1.54, 1.807) is 0 Å². The number of aliphatic hydroxyl groups excluding tert-OH is 1. The third kappa shape index (κ3) is 4.15. The number of rotatable bonds is 8. The molecule has 1 unspecified atom stereocenters. The monoisotopic (exact) mass is 329 g/mol. The number of benzene rings is 1. The van der Waals surface area contributed by atoms with E-state index in [1.165, 1.54) is 0 Å². The van der Waals surface area contributed by atoms with Crippen LogP contribution in [-0.2, 0) is 17.8 Å². The van der Waals surface area contributed by atoms with Crippen molar-refractivity contribution in [2.24, 2.45) is 5.73 Å². The molecule has 1 atom stereocenters. The molecule has 1 aromatic rings. The van der Waals surface area contributed by atoms with Crippen molar-refractivity contribution in [1.82, 2.24) is 0 Å². The van der Waals surface area contributed by atoms with Crippen LogP contribution in [0.5, 0.6) is 5.75 Å². The predicted octanol–water partition coefficient (Wildman–Crippen LogP) is 3.21. The van der Waals surface area contributed by atoms with Crippen LogP contribution >= 0.6 is 0 Å². The second kappa shape index (κ2) is 8.83. The van der Waals surface area contributed by atoms with E-state index >= 15 is 0 Å². The van der Waals surface area contributed by atoms with Crippen LogP contribution in [0.2, 0.25) is 0 Å². The van der Waals surface area contributed by atoms with Gasteiger partial charge in [0.05, 0.1) is 19.8 Å². The van der Waals surface area contributed by atoms with Crippen LogP contribution in [0.4, 0.5) is 0 Å². The maximum absolute atomic E-state index is 9.59. The highest BCUT2D eigenvalue weighted by atomic mass is 16.5. The van der Waals surface area contributed by atoms with Gasteiger partial charge in [-0.2, -0.15) is 0 Å². The molecule has 4 heteroatoms. The summed E-state index contributed by atoms with van der Waals surface area (Å²) in [5.41, 5.74) is 10.7. The van der Waals surface area contributed by atoms with Gasteiger partial charge in [-0.1, -0.05) is 30.4 Å². The van der Waals surface area contributed by atoms with E-state index in [9.17, 15) is 5.11 Å². The second-order valence-electron chi connectivity index (χ2n) is 5.85. The van der Waals surface area contributed by atoms with Gasteiger partial charge < -0.3 is 20.3 Å². The third-order valence-corrected chi connectivity index (χ3v) is 4.09. The topological polar surface area (TPSA) is 64.7 Å². The Morgan fingerprint density at radius 3 is 2.92 bits per heavy atom. The Labute approximate surface area is 144 Å². The zero-order chi connectivity index (χ0) is 17.5. The Hall–Kier alpha value is -1.88. The molecule has 130 valence electrons. The van der Waals surface area contributed by atoms with E-state index in [0.29, 0.717) is 19.8 Å². The number of aliphatic hydroxyl groups is 1. The molecule has 0 amide bonds. The highest BCUT2D eigenvalue weighted by Gasteiger charge is 2.25. The van der Waals surface area contributed by atoms with Gasteiger partial charge >= 0.3 is 0 Å². The van der Waals surface area contributed by atoms with Gasteiger partial charge in [0.25, 0.3) is 0 Å². The highest BCUT2D eigenvalue weighted by molar-refractivity contribution is 5.51. The minimum absolute atomic E-state index is 0.00339. The van der Waals surface area contributed by atoms with Crippen molar-refractivity contribution in [2.45, 2.75) is 33.0 Å². The number of fused-ring (bicyclic) bond motifs is 1. The quantitative estimate of drug-likeness (QED) is 0.719. The Morgan fingerprint density at radius 2 is 2.29 bits per heavy atom. The summed E-state index contributed by atoms with van der Waals surface area (Å²) in [6, 6.07) is 3.97. The van der Waals surface area contributed by atoms with Crippen molar-refractivity contribution in [1.29, 1.82) is 0 Å². The average Bonchev–Trinajstić information content (AvgIpc) is 3.08. The van der Waals surface area contributed by atoms with Crippen LogP contribution < -0.4 is 10.5 Å². The lowest BCUT2D eigenvalue weighted by Crippen LogP contribution is -2.15. The fourth-order valence-corrected chi connectivity index (χ4v) is 2.88. The Morgan fingerprint density at radius 1 is 1.50 bits per heavy atom. The summed E-state index contributed by atoms with van der Waals surface area (Å²) in [7, 11) is 0. The predicted molar refractivity (Wildman–Crippen MR) is 97.0 cm³/mol. The fraction of sp³-hybridized carbons (Fsp3) is 0.400.